The maximum absolute atomic E-state index is 12.3. The summed E-state index contributed by atoms with van der Waals surface area (Å²) >= 11 is 0. The maximum Gasteiger partial charge on any atom is 0.308 e. The van der Waals surface area contributed by atoms with Crippen LogP contribution >= 0.6 is 0 Å². The van der Waals surface area contributed by atoms with Crippen molar-refractivity contribution in [2.45, 2.75) is 57.9 Å². The number of ether oxygens (including phenoxy) is 1. The topological polar surface area (TPSA) is 75.6 Å². The lowest BCUT2D eigenvalue weighted by molar-refractivity contribution is -0.143. The van der Waals surface area contributed by atoms with Crippen molar-refractivity contribution >= 4 is 11.9 Å². The molecule has 0 bridgehead atoms. The van der Waals surface area contributed by atoms with Crippen molar-refractivity contribution in [3.05, 3.63) is 29.8 Å². The minimum absolute atomic E-state index is 0.124. The fourth-order valence-electron chi connectivity index (χ4n) is 3.18. The maximum atomic E-state index is 12.3. The number of rotatable bonds is 7. The van der Waals surface area contributed by atoms with E-state index in [1.165, 1.54) is 0 Å². The zero-order valence-electron chi connectivity index (χ0n) is 14.3. The lowest BCUT2D eigenvalue weighted by Crippen LogP contribution is -2.43. The van der Waals surface area contributed by atoms with Gasteiger partial charge in [0.25, 0.3) is 0 Å². The average molecular weight is 333 g/mol. The molecule has 1 aromatic rings. The second-order valence-electron chi connectivity index (χ2n) is 6.43. The van der Waals surface area contributed by atoms with Gasteiger partial charge in [-0.15, -0.1) is 0 Å². The summed E-state index contributed by atoms with van der Waals surface area (Å²) in [6.07, 6.45) is 5.47. The normalized spacial score (nSPS) is 20.9. The number of nitrogens with one attached hydrogen (secondary N) is 1. The summed E-state index contributed by atoms with van der Waals surface area (Å²) in [5, 5.41) is 12.3. The van der Waals surface area contributed by atoms with Gasteiger partial charge in [0, 0.05) is 6.04 Å². The molecule has 132 valence electrons. The van der Waals surface area contributed by atoms with Gasteiger partial charge in [-0.25, -0.2) is 0 Å². The molecule has 0 saturated heterocycles. The van der Waals surface area contributed by atoms with Crippen LogP contribution in [0.3, 0.4) is 0 Å². The first kappa shape index (κ1) is 18.3. The van der Waals surface area contributed by atoms with Crippen molar-refractivity contribution < 1.29 is 19.4 Å². The number of carboxylic acids is 1. The Balaban J connectivity index is 1.95. The van der Waals surface area contributed by atoms with Gasteiger partial charge in [-0.1, -0.05) is 38.3 Å². The standard InChI is InChI=1S/C19H27NO4/c1-2-11-24-15-8-6-7-14(12-15)13-18(21)20-17-10-5-3-4-9-16(17)19(22)23/h6-8,12,16-17H,2-5,9-11,13H2,1H3,(H,20,21)(H,22,23)/t16-,17+/m1/s1. The number of benzene rings is 1. The molecular weight excluding hydrogens is 306 g/mol. The number of carbonyl (C=O) groups is 2. The monoisotopic (exact) mass is 333 g/mol. The minimum atomic E-state index is -0.808. The van der Waals surface area contributed by atoms with Crippen LogP contribution in [0.1, 0.15) is 51.0 Å². The molecule has 1 aromatic carbocycles. The van der Waals surface area contributed by atoms with E-state index < -0.39 is 11.9 Å². The first-order valence-electron chi connectivity index (χ1n) is 8.84. The summed E-state index contributed by atoms with van der Waals surface area (Å²) in [6.45, 7) is 2.70. The fourth-order valence-corrected chi connectivity index (χ4v) is 3.18. The molecule has 0 spiro atoms. The first-order valence-corrected chi connectivity index (χ1v) is 8.84. The highest BCUT2D eigenvalue weighted by Gasteiger charge is 2.30. The molecule has 24 heavy (non-hydrogen) atoms. The molecule has 1 saturated carbocycles. The molecule has 1 aliphatic rings. The van der Waals surface area contributed by atoms with Crippen LogP contribution in [-0.4, -0.2) is 29.6 Å². The molecule has 0 aliphatic heterocycles. The largest absolute Gasteiger partial charge is 0.494 e. The van der Waals surface area contributed by atoms with Gasteiger partial charge in [-0.3, -0.25) is 9.59 Å². The van der Waals surface area contributed by atoms with Crippen molar-refractivity contribution in [1.29, 1.82) is 0 Å². The molecule has 5 heteroatoms. The van der Waals surface area contributed by atoms with Crippen LogP contribution in [0.25, 0.3) is 0 Å². The number of carbonyl (C=O) groups excluding carboxylic acids is 1. The molecule has 5 nitrogen and oxygen atoms in total. The molecular formula is C19H27NO4. The summed E-state index contributed by atoms with van der Waals surface area (Å²) in [5.41, 5.74) is 0.876. The van der Waals surface area contributed by atoms with Gasteiger partial charge in [0.1, 0.15) is 5.75 Å². The van der Waals surface area contributed by atoms with E-state index in [0.717, 1.165) is 43.4 Å². The molecule has 2 atom stereocenters. The molecule has 0 aromatic heterocycles. The van der Waals surface area contributed by atoms with E-state index in [9.17, 15) is 14.7 Å². The van der Waals surface area contributed by atoms with Crippen molar-refractivity contribution in [2.75, 3.05) is 6.61 Å². The van der Waals surface area contributed by atoms with E-state index >= 15 is 0 Å². The minimum Gasteiger partial charge on any atom is -0.494 e. The van der Waals surface area contributed by atoms with E-state index in [-0.39, 0.29) is 18.4 Å². The summed E-state index contributed by atoms with van der Waals surface area (Å²) in [6, 6.07) is 7.25. The molecule has 0 heterocycles. The van der Waals surface area contributed by atoms with Gasteiger partial charge in [-0.2, -0.15) is 0 Å². The Morgan fingerprint density at radius 1 is 1.25 bits per heavy atom. The Morgan fingerprint density at radius 3 is 2.79 bits per heavy atom. The van der Waals surface area contributed by atoms with Crippen molar-refractivity contribution in [3.8, 4) is 5.75 Å². The SMILES string of the molecule is CCCOc1cccc(CC(=O)N[C@H]2CCCCC[C@H]2C(=O)O)c1. The van der Waals surface area contributed by atoms with Crippen LogP contribution in [0.2, 0.25) is 0 Å². The Labute approximate surface area is 143 Å². The fraction of sp³-hybridized carbons (Fsp3) is 0.579. The summed E-state index contributed by atoms with van der Waals surface area (Å²) in [4.78, 5) is 23.8. The number of aliphatic carboxylic acids is 1. The smallest absolute Gasteiger partial charge is 0.308 e. The van der Waals surface area contributed by atoms with Gasteiger partial charge < -0.3 is 15.2 Å². The molecule has 0 unspecified atom stereocenters. The zero-order valence-corrected chi connectivity index (χ0v) is 14.3. The van der Waals surface area contributed by atoms with Crippen LogP contribution in [0.15, 0.2) is 24.3 Å². The third-order valence-corrected chi connectivity index (χ3v) is 4.42. The van der Waals surface area contributed by atoms with E-state index in [2.05, 4.69) is 5.32 Å². The predicted molar refractivity (Wildman–Crippen MR) is 92.1 cm³/mol. The third kappa shape index (κ3) is 5.55. The molecule has 2 rings (SSSR count). The summed E-state index contributed by atoms with van der Waals surface area (Å²) < 4.78 is 5.58. The van der Waals surface area contributed by atoms with E-state index in [1.807, 2.05) is 31.2 Å². The van der Waals surface area contributed by atoms with E-state index in [4.69, 9.17) is 4.74 Å². The van der Waals surface area contributed by atoms with Crippen LogP contribution in [0, 0.1) is 5.92 Å². The third-order valence-electron chi connectivity index (χ3n) is 4.42. The van der Waals surface area contributed by atoms with Crippen LogP contribution in [0.4, 0.5) is 0 Å². The van der Waals surface area contributed by atoms with Crippen LogP contribution in [-0.2, 0) is 16.0 Å². The highest BCUT2D eigenvalue weighted by atomic mass is 16.5. The Bertz CT molecular complexity index is 558. The number of hydrogen-bond acceptors (Lipinski definition) is 3. The van der Waals surface area contributed by atoms with Crippen molar-refractivity contribution in [2.24, 2.45) is 5.92 Å². The highest BCUT2D eigenvalue weighted by molar-refractivity contribution is 5.80. The van der Waals surface area contributed by atoms with Gasteiger partial charge >= 0.3 is 5.97 Å². The van der Waals surface area contributed by atoms with Crippen LogP contribution < -0.4 is 10.1 Å². The lowest BCUT2D eigenvalue weighted by atomic mass is 9.94. The van der Waals surface area contributed by atoms with Gasteiger partial charge in [0.05, 0.1) is 18.9 Å². The second kappa shape index (κ2) is 9.30. The average Bonchev–Trinajstić information content (AvgIpc) is 2.78. The molecule has 1 amide bonds. The Morgan fingerprint density at radius 2 is 2.04 bits per heavy atom. The predicted octanol–water partition coefficient (Wildman–Crippen LogP) is 3.17. The highest BCUT2D eigenvalue weighted by Crippen LogP contribution is 2.24. The van der Waals surface area contributed by atoms with E-state index in [1.54, 1.807) is 0 Å². The molecule has 1 aliphatic carbocycles. The Hall–Kier alpha value is -2.04. The van der Waals surface area contributed by atoms with Crippen molar-refractivity contribution in [3.63, 3.8) is 0 Å². The van der Waals surface area contributed by atoms with Gasteiger partial charge in [0.2, 0.25) is 5.91 Å². The summed E-state index contributed by atoms with van der Waals surface area (Å²) in [7, 11) is 0. The zero-order chi connectivity index (χ0) is 17.4. The van der Waals surface area contributed by atoms with Crippen molar-refractivity contribution in [1.82, 2.24) is 5.32 Å². The molecule has 1 fully saturated rings. The number of carboxylic acid groups (broad SMARTS) is 1. The number of hydrogen-bond donors (Lipinski definition) is 2. The summed E-state index contributed by atoms with van der Waals surface area (Å²) in [5.74, 6) is -0.645. The van der Waals surface area contributed by atoms with Crippen LogP contribution in [0.5, 0.6) is 5.75 Å². The van der Waals surface area contributed by atoms with Gasteiger partial charge in [-0.05, 0) is 37.0 Å². The second-order valence-corrected chi connectivity index (χ2v) is 6.43. The quantitative estimate of drug-likeness (QED) is 0.752. The van der Waals surface area contributed by atoms with E-state index in [0.29, 0.717) is 13.0 Å². The molecule has 2 N–H and O–H groups in total. The molecule has 0 radical (unpaired) electrons. The van der Waals surface area contributed by atoms with Gasteiger partial charge in [0.15, 0.2) is 0 Å². The first-order chi connectivity index (χ1) is 11.6. The Kier molecular flexibility index (Phi) is 7.09. The lowest BCUT2D eigenvalue weighted by Gasteiger charge is -2.23. The number of amides is 1.